The van der Waals surface area contributed by atoms with Crippen LogP contribution in [0.2, 0.25) is 0 Å². The lowest BCUT2D eigenvalue weighted by molar-refractivity contribution is -0.136. The molecule has 0 radical (unpaired) electrons. The summed E-state index contributed by atoms with van der Waals surface area (Å²) in [6.45, 7) is 1.31. The van der Waals surface area contributed by atoms with Gasteiger partial charge in [0.1, 0.15) is 5.41 Å². The maximum Gasteiger partial charge on any atom is 0.243 e. The molecule has 1 aliphatic carbocycles. The number of nitrogens with zero attached hydrogens (tertiary/aromatic N) is 2. The summed E-state index contributed by atoms with van der Waals surface area (Å²) >= 11 is 0. The summed E-state index contributed by atoms with van der Waals surface area (Å²) in [4.78, 5) is 24.6. The summed E-state index contributed by atoms with van der Waals surface area (Å²) in [5, 5.41) is 8.97. The van der Waals surface area contributed by atoms with Crippen LogP contribution in [0.3, 0.4) is 0 Å². The molecular weight excluding hydrogens is 218 g/mol. The maximum absolute atomic E-state index is 12.1. The predicted molar refractivity (Wildman–Crippen MR) is 60.4 cm³/mol. The molecule has 1 saturated heterocycles. The summed E-state index contributed by atoms with van der Waals surface area (Å²) in [6, 6.07) is 2.13. The van der Waals surface area contributed by atoms with E-state index in [4.69, 9.17) is 11.0 Å². The first kappa shape index (κ1) is 11.9. The molecule has 0 atom stereocenters. The zero-order chi connectivity index (χ0) is 12.5. The molecule has 2 N–H and O–H groups in total. The Balaban J connectivity index is 1.85. The van der Waals surface area contributed by atoms with Gasteiger partial charge < -0.3 is 10.6 Å². The molecule has 2 aliphatic rings. The van der Waals surface area contributed by atoms with E-state index in [2.05, 4.69) is 6.07 Å². The number of primary amides is 1. The lowest BCUT2D eigenvalue weighted by atomic mass is 9.92. The van der Waals surface area contributed by atoms with Crippen molar-refractivity contribution in [2.24, 2.45) is 17.1 Å². The quantitative estimate of drug-likeness (QED) is 0.768. The van der Waals surface area contributed by atoms with E-state index in [9.17, 15) is 9.59 Å². The van der Waals surface area contributed by atoms with Gasteiger partial charge in [0.2, 0.25) is 11.8 Å². The highest BCUT2D eigenvalue weighted by molar-refractivity contribution is 5.88. The van der Waals surface area contributed by atoms with Gasteiger partial charge in [0.15, 0.2) is 0 Å². The summed E-state index contributed by atoms with van der Waals surface area (Å²) in [5.41, 5.74) is 4.44. The first-order valence-electron chi connectivity index (χ1n) is 6.06. The van der Waals surface area contributed by atoms with Crippen molar-refractivity contribution in [2.75, 3.05) is 13.1 Å². The molecule has 2 fully saturated rings. The lowest BCUT2D eigenvalue weighted by Crippen LogP contribution is -2.42. The molecule has 2 amide bonds. The summed E-state index contributed by atoms with van der Waals surface area (Å²) in [5.74, 6) is 0.0109. The molecule has 5 heteroatoms. The van der Waals surface area contributed by atoms with Gasteiger partial charge in [0.25, 0.3) is 0 Å². The van der Waals surface area contributed by atoms with Crippen molar-refractivity contribution in [1.82, 2.24) is 4.90 Å². The van der Waals surface area contributed by atoms with Crippen molar-refractivity contribution >= 4 is 11.8 Å². The van der Waals surface area contributed by atoms with Crippen LogP contribution in [-0.2, 0) is 9.59 Å². The Morgan fingerprint density at radius 3 is 2.35 bits per heavy atom. The number of carbonyl (C=O) groups is 2. The molecule has 0 bridgehead atoms. The molecule has 1 aliphatic heterocycles. The predicted octanol–water partition coefficient (Wildman–Crippen LogP) is 0.404. The van der Waals surface area contributed by atoms with Crippen LogP contribution in [0, 0.1) is 22.7 Å². The summed E-state index contributed by atoms with van der Waals surface area (Å²) < 4.78 is 0. The Kier molecular flexibility index (Phi) is 3.05. The van der Waals surface area contributed by atoms with Crippen molar-refractivity contribution in [3.63, 3.8) is 0 Å². The van der Waals surface area contributed by atoms with Gasteiger partial charge in [-0.15, -0.1) is 0 Å². The molecule has 0 spiro atoms. The molecule has 5 nitrogen and oxygen atoms in total. The van der Waals surface area contributed by atoms with Crippen molar-refractivity contribution in [3.8, 4) is 6.07 Å². The lowest BCUT2D eigenvalue weighted by Gasteiger charge is -2.32. The third-order valence-corrected chi connectivity index (χ3v) is 3.77. The van der Waals surface area contributed by atoms with E-state index < -0.39 is 5.41 Å². The largest absolute Gasteiger partial charge is 0.370 e. The van der Waals surface area contributed by atoms with Gasteiger partial charge >= 0.3 is 0 Å². The molecule has 0 aromatic heterocycles. The average molecular weight is 235 g/mol. The van der Waals surface area contributed by atoms with Crippen LogP contribution >= 0.6 is 0 Å². The van der Waals surface area contributed by atoms with Gasteiger partial charge in [-0.3, -0.25) is 9.59 Å². The molecule has 17 heavy (non-hydrogen) atoms. The molecule has 0 aromatic rings. The molecule has 1 heterocycles. The molecule has 92 valence electrons. The second-order valence-electron chi connectivity index (χ2n) is 5.10. The van der Waals surface area contributed by atoms with Crippen LogP contribution in [0.5, 0.6) is 0 Å². The van der Waals surface area contributed by atoms with E-state index >= 15 is 0 Å². The number of carbonyl (C=O) groups excluding carboxylic acids is 2. The van der Waals surface area contributed by atoms with E-state index in [1.54, 1.807) is 4.90 Å². The van der Waals surface area contributed by atoms with Crippen LogP contribution in [0.15, 0.2) is 0 Å². The Labute approximate surface area is 101 Å². The van der Waals surface area contributed by atoms with Crippen LogP contribution in [0.4, 0.5) is 0 Å². The van der Waals surface area contributed by atoms with E-state index in [-0.39, 0.29) is 11.8 Å². The van der Waals surface area contributed by atoms with Gasteiger partial charge in [-0.25, -0.2) is 0 Å². The number of nitriles is 1. The van der Waals surface area contributed by atoms with Crippen molar-refractivity contribution in [1.29, 1.82) is 5.26 Å². The maximum atomic E-state index is 12.1. The molecular formula is C12H17N3O2. The fourth-order valence-corrected chi connectivity index (χ4v) is 2.43. The summed E-state index contributed by atoms with van der Waals surface area (Å²) in [7, 11) is 0. The highest BCUT2D eigenvalue weighted by Crippen LogP contribution is 2.46. The number of hydrogen-bond acceptors (Lipinski definition) is 3. The monoisotopic (exact) mass is 235 g/mol. The van der Waals surface area contributed by atoms with Crippen molar-refractivity contribution < 1.29 is 9.59 Å². The van der Waals surface area contributed by atoms with Crippen LogP contribution in [0.1, 0.15) is 32.1 Å². The van der Waals surface area contributed by atoms with Gasteiger partial charge in [-0.2, -0.15) is 5.26 Å². The van der Waals surface area contributed by atoms with Crippen molar-refractivity contribution in [2.45, 2.75) is 32.1 Å². The first-order valence-corrected chi connectivity index (χ1v) is 6.06. The Bertz CT molecular complexity index is 374. The molecule has 0 unspecified atom stereocenters. The van der Waals surface area contributed by atoms with Crippen LogP contribution < -0.4 is 5.73 Å². The zero-order valence-electron chi connectivity index (χ0n) is 9.82. The van der Waals surface area contributed by atoms with Crippen molar-refractivity contribution in [3.05, 3.63) is 0 Å². The average Bonchev–Trinajstić information content (AvgIpc) is 3.09. The highest BCUT2D eigenvalue weighted by Gasteiger charge is 2.52. The minimum absolute atomic E-state index is 0.0162. The summed E-state index contributed by atoms with van der Waals surface area (Å²) in [6.07, 6.45) is 3.44. The Morgan fingerprint density at radius 1 is 1.35 bits per heavy atom. The fraction of sp³-hybridized carbons (Fsp3) is 0.750. The molecule has 1 saturated carbocycles. The number of nitrogens with two attached hydrogens (primary N) is 1. The minimum Gasteiger partial charge on any atom is -0.370 e. The minimum atomic E-state index is -0.712. The van der Waals surface area contributed by atoms with Gasteiger partial charge in [0.05, 0.1) is 6.07 Å². The van der Waals surface area contributed by atoms with E-state index in [0.717, 1.165) is 12.8 Å². The van der Waals surface area contributed by atoms with Gasteiger partial charge in [-0.1, -0.05) is 0 Å². The third kappa shape index (κ3) is 2.41. The first-order chi connectivity index (χ1) is 8.07. The zero-order valence-corrected chi connectivity index (χ0v) is 9.82. The molecule has 0 aromatic carbocycles. The number of piperidine rings is 1. The Morgan fingerprint density at radius 2 is 1.94 bits per heavy atom. The van der Waals surface area contributed by atoms with Gasteiger partial charge in [0, 0.05) is 19.5 Å². The van der Waals surface area contributed by atoms with Crippen LogP contribution in [0.25, 0.3) is 0 Å². The Hall–Kier alpha value is -1.57. The number of likely N-dealkylation sites (tertiary alicyclic amines) is 1. The second kappa shape index (κ2) is 4.36. The van der Waals surface area contributed by atoms with E-state index in [0.29, 0.717) is 38.3 Å². The third-order valence-electron chi connectivity index (χ3n) is 3.77. The van der Waals surface area contributed by atoms with Crippen LogP contribution in [-0.4, -0.2) is 29.8 Å². The number of hydrogen-bond donors (Lipinski definition) is 1. The normalized spacial score (nSPS) is 22.9. The smallest absolute Gasteiger partial charge is 0.243 e. The van der Waals surface area contributed by atoms with E-state index in [1.165, 1.54) is 0 Å². The second-order valence-corrected chi connectivity index (χ2v) is 5.10. The fourth-order valence-electron chi connectivity index (χ4n) is 2.43. The SMILES string of the molecule is N#CC1(C(=O)N2CCC(CC(N)=O)CC2)CC1. The van der Waals surface area contributed by atoms with E-state index in [1.807, 2.05) is 0 Å². The number of amides is 2. The van der Waals surface area contributed by atoms with Gasteiger partial charge in [-0.05, 0) is 31.6 Å². The standard InChI is InChI=1S/C12H17N3O2/c13-8-12(3-4-12)11(17)15-5-1-9(2-6-15)7-10(14)16/h9H,1-7H2,(H2,14,16). The topological polar surface area (TPSA) is 87.2 Å². The number of rotatable bonds is 3. The molecule has 2 rings (SSSR count). The highest BCUT2D eigenvalue weighted by atomic mass is 16.2.